The van der Waals surface area contributed by atoms with Gasteiger partial charge in [-0.2, -0.15) is 0 Å². The van der Waals surface area contributed by atoms with Crippen LogP contribution in [0.3, 0.4) is 0 Å². The molecule has 0 fully saturated rings. The Hall–Kier alpha value is -0.340. The molecule has 0 bridgehead atoms. The summed E-state index contributed by atoms with van der Waals surface area (Å²) in [5, 5.41) is -0.535. The van der Waals surface area contributed by atoms with Crippen molar-refractivity contribution >= 4 is 33.8 Å². The summed E-state index contributed by atoms with van der Waals surface area (Å²) in [7, 11) is 0. The molecule has 0 saturated heterocycles. The van der Waals surface area contributed by atoms with Gasteiger partial charge in [-0.25, -0.2) is 0 Å². The summed E-state index contributed by atoms with van der Waals surface area (Å²) in [5.74, 6) is 0. The van der Waals surface area contributed by atoms with Gasteiger partial charge in [-0.05, 0) is 17.7 Å². The Balaban J connectivity index is 2.95. The van der Waals surface area contributed by atoms with E-state index in [0.29, 0.717) is 6.29 Å². The summed E-state index contributed by atoms with van der Waals surface area (Å²) in [6, 6.07) is 7.37. The van der Waals surface area contributed by atoms with Crippen LogP contribution in [0.25, 0.3) is 0 Å². The highest BCUT2D eigenvalue weighted by Gasteiger charge is 2.04. The van der Waals surface area contributed by atoms with E-state index in [1.54, 1.807) is 0 Å². The van der Waals surface area contributed by atoms with E-state index in [0.717, 1.165) is 10.0 Å². The number of aldehydes is 1. The smallest absolute Gasteiger partial charge is 0.142 e. The normalized spacial score (nSPS) is 12.5. The zero-order chi connectivity index (χ0) is 8.27. The van der Waals surface area contributed by atoms with Crippen LogP contribution in [-0.2, 0) is 4.79 Å². The second-order valence-corrected chi connectivity index (χ2v) is 3.48. The number of carbonyl (C=O) groups excluding carboxylic acids is 1. The second-order valence-electron chi connectivity index (χ2n) is 2.09. The highest BCUT2D eigenvalue weighted by molar-refractivity contribution is 9.10. The van der Waals surface area contributed by atoms with Gasteiger partial charge < -0.3 is 4.79 Å². The van der Waals surface area contributed by atoms with Crippen LogP contribution in [0.1, 0.15) is 10.9 Å². The quantitative estimate of drug-likeness (QED) is 0.567. The lowest BCUT2D eigenvalue weighted by atomic mass is 10.2. The van der Waals surface area contributed by atoms with Crippen molar-refractivity contribution in [3.8, 4) is 0 Å². The van der Waals surface area contributed by atoms with Crippen LogP contribution in [0.15, 0.2) is 28.7 Å². The molecular formula is C8H6BrClO. The molecule has 0 amide bonds. The molecule has 11 heavy (non-hydrogen) atoms. The number of hydrogen-bond donors (Lipinski definition) is 0. The molecule has 1 rings (SSSR count). The van der Waals surface area contributed by atoms with E-state index in [-0.39, 0.29) is 0 Å². The van der Waals surface area contributed by atoms with Gasteiger partial charge in [0.25, 0.3) is 0 Å². The topological polar surface area (TPSA) is 17.1 Å². The average molecular weight is 233 g/mol. The van der Waals surface area contributed by atoms with Gasteiger partial charge in [0.2, 0.25) is 0 Å². The van der Waals surface area contributed by atoms with Crippen molar-refractivity contribution in [1.29, 1.82) is 0 Å². The van der Waals surface area contributed by atoms with E-state index in [1.807, 2.05) is 24.3 Å². The minimum absolute atomic E-state index is 0.535. The third kappa shape index (κ3) is 2.31. The van der Waals surface area contributed by atoms with Gasteiger partial charge in [0.15, 0.2) is 0 Å². The first-order valence-electron chi connectivity index (χ1n) is 3.09. The fourth-order valence-corrected chi connectivity index (χ4v) is 1.31. The Morgan fingerprint density at radius 2 is 2.27 bits per heavy atom. The van der Waals surface area contributed by atoms with Crippen molar-refractivity contribution in [2.45, 2.75) is 5.38 Å². The molecule has 0 aliphatic heterocycles. The predicted molar refractivity (Wildman–Crippen MR) is 48.8 cm³/mol. The van der Waals surface area contributed by atoms with E-state index in [9.17, 15) is 4.79 Å². The highest BCUT2D eigenvalue weighted by atomic mass is 79.9. The largest absolute Gasteiger partial charge is 0.301 e. The fourth-order valence-electron chi connectivity index (χ4n) is 0.757. The molecule has 1 nitrogen and oxygen atoms in total. The van der Waals surface area contributed by atoms with E-state index in [4.69, 9.17) is 11.6 Å². The Morgan fingerprint density at radius 3 is 2.82 bits per heavy atom. The van der Waals surface area contributed by atoms with Crippen molar-refractivity contribution in [3.05, 3.63) is 34.3 Å². The summed E-state index contributed by atoms with van der Waals surface area (Å²) >= 11 is 8.96. The van der Waals surface area contributed by atoms with Gasteiger partial charge in [0, 0.05) is 4.47 Å². The molecule has 0 aliphatic carbocycles. The van der Waals surface area contributed by atoms with E-state index >= 15 is 0 Å². The maximum Gasteiger partial charge on any atom is 0.142 e. The summed E-state index contributed by atoms with van der Waals surface area (Å²) in [6.07, 6.45) is 0.712. The van der Waals surface area contributed by atoms with Crippen LogP contribution in [0.4, 0.5) is 0 Å². The number of hydrogen-bond acceptors (Lipinski definition) is 1. The molecule has 1 aromatic rings. The van der Waals surface area contributed by atoms with Gasteiger partial charge in [-0.15, -0.1) is 11.6 Å². The third-order valence-electron chi connectivity index (χ3n) is 1.29. The molecule has 0 radical (unpaired) electrons. The number of rotatable bonds is 2. The lowest BCUT2D eigenvalue weighted by molar-refractivity contribution is -0.107. The van der Waals surface area contributed by atoms with Gasteiger partial charge >= 0.3 is 0 Å². The molecule has 58 valence electrons. The molecule has 0 heterocycles. The van der Waals surface area contributed by atoms with E-state index in [1.165, 1.54) is 0 Å². The minimum atomic E-state index is -0.535. The SMILES string of the molecule is O=CC(Cl)c1cccc(Br)c1. The maximum atomic E-state index is 10.3. The Morgan fingerprint density at radius 1 is 1.55 bits per heavy atom. The zero-order valence-corrected chi connectivity index (χ0v) is 7.97. The number of alkyl halides is 1. The molecule has 0 aromatic heterocycles. The first-order chi connectivity index (χ1) is 5.24. The van der Waals surface area contributed by atoms with Crippen LogP contribution in [-0.4, -0.2) is 6.29 Å². The lowest BCUT2D eigenvalue weighted by Gasteiger charge is -2.00. The molecule has 0 saturated carbocycles. The number of carbonyl (C=O) groups is 1. The first kappa shape index (κ1) is 8.75. The monoisotopic (exact) mass is 232 g/mol. The second kappa shape index (κ2) is 3.88. The van der Waals surface area contributed by atoms with Gasteiger partial charge in [-0.1, -0.05) is 28.1 Å². The van der Waals surface area contributed by atoms with Crippen LogP contribution < -0.4 is 0 Å². The molecule has 3 heteroatoms. The Bertz CT molecular complexity index is 262. The molecular weight excluding hydrogens is 227 g/mol. The van der Waals surface area contributed by atoms with Gasteiger partial charge in [-0.3, -0.25) is 0 Å². The van der Waals surface area contributed by atoms with Crippen molar-refractivity contribution in [3.63, 3.8) is 0 Å². The van der Waals surface area contributed by atoms with E-state index in [2.05, 4.69) is 15.9 Å². The van der Waals surface area contributed by atoms with Crippen molar-refractivity contribution in [2.24, 2.45) is 0 Å². The van der Waals surface area contributed by atoms with E-state index < -0.39 is 5.38 Å². The van der Waals surface area contributed by atoms with Crippen molar-refractivity contribution in [2.75, 3.05) is 0 Å². The van der Waals surface area contributed by atoms with Crippen LogP contribution in [0, 0.1) is 0 Å². The Labute approximate surface area is 78.5 Å². The maximum absolute atomic E-state index is 10.3. The van der Waals surface area contributed by atoms with Crippen molar-refractivity contribution in [1.82, 2.24) is 0 Å². The summed E-state index contributed by atoms with van der Waals surface area (Å²) in [5.41, 5.74) is 0.816. The highest BCUT2D eigenvalue weighted by Crippen LogP contribution is 2.20. The van der Waals surface area contributed by atoms with Crippen molar-refractivity contribution < 1.29 is 4.79 Å². The van der Waals surface area contributed by atoms with Crippen LogP contribution >= 0.6 is 27.5 Å². The first-order valence-corrected chi connectivity index (χ1v) is 4.32. The molecule has 0 aliphatic rings. The summed E-state index contributed by atoms with van der Waals surface area (Å²) < 4.78 is 0.933. The fraction of sp³-hybridized carbons (Fsp3) is 0.125. The zero-order valence-electron chi connectivity index (χ0n) is 5.63. The molecule has 1 aromatic carbocycles. The average Bonchev–Trinajstić information content (AvgIpc) is 2.03. The predicted octanol–water partition coefficient (Wildman–Crippen LogP) is 2.93. The Kier molecular flexibility index (Phi) is 3.09. The number of benzene rings is 1. The standard InChI is InChI=1S/C8H6BrClO/c9-7-3-1-2-6(4-7)8(10)5-11/h1-5,8H. The molecule has 1 atom stereocenters. The number of halogens is 2. The van der Waals surface area contributed by atoms with Gasteiger partial charge in [0.05, 0.1) is 0 Å². The van der Waals surface area contributed by atoms with Crippen LogP contribution in [0.5, 0.6) is 0 Å². The summed E-state index contributed by atoms with van der Waals surface area (Å²) in [6.45, 7) is 0. The third-order valence-corrected chi connectivity index (χ3v) is 2.13. The lowest BCUT2D eigenvalue weighted by Crippen LogP contribution is -1.89. The molecule has 0 N–H and O–H groups in total. The molecule has 0 spiro atoms. The minimum Gasteiger partial charge on any atom is -0.301 e. The van der Waals surface area contributed by atoms with Gasteiger partial charge in [0.1, 0.15) is 11.7 Å². The van der Waals surface area contributed by atoms with Crippen LogP contribution in [0.2, 0.25) is 0 Å². The summed E-state index contributed by atoms with van der Waals surface area (Å²) in [4.78, 5) is 10.3. The molecule has 1 unspecified atom stereocenters.